The summed E-state index contributed by atoms with van der Waals surface area (Å²) in [5.41, 5.74) is -0.977. The Hall–Kier alpha value is -1.24. The smallest absolute Gasteiger partial charge is 0.303 e. The highest BCUT2D eigenvalue weighted by atomic mass is 16.6. The summed E-state index contributed by atoms with van der Waals surface area (Å²) in [6, 6.07) is -0.126. The molecule has 0 aromatic carbocycles. The Labute approximate surface area is 163 Å². The molecule has 3 heterocycles. The molecule has 2 N–H and O–H groups in total. The molecular formula is C22H27NO5. The molecule has 6 saturated carbocycles. The molecule has 6 heteroatoms. The number of ketones is 1. The van der Waals surface area contributed by atoms with Gasteiger partial charge in [-0.1, -0.05) is 19.1 Å². The quantitative estimate of drug-likeness (QED) is 0.514. The molecule has 3 aliphatic heterocycles. The maximum absolute atomic E-state index is 13.5. The van der Waals surface area contributed by atoms with Crippen LogP contribution in [0.5, 0.6) is 0 Å². The van der Waals surface area contributed by atoms with Gasteiger partial charge in [0, 0.05) is 42.7 Å². The largest absolute Gasteiger partial charge is 0.459 e. The lowest BCUT2D eigenvalue weighted by molar-refractivity contribution is -0.255. The Morgan fingerprint density at radius 3 is 2.86 bits per heavy atom. The molecule has 1 unspecified atom stereocenters. The summed E-state index contributed by atoms with van der Waals surface area (Å²) in [7, 11) is 0. The average Bonchev–Trinajstić information content (AvgIpc) is 2.93. The second kappa shape index (κ2) is 4.14. The summed E-state index contributed by atoms with van der Waals surface area (Å²) in [5, 5.41) is 23.2. The van der Waals surface area contributed by atoms with E-state index in [0.29, 0.717) is 19.4 Å². The SMILES string of the molecule is C=C1C[C@@]23C[C@@]4(O)[C@@H]5[C@@]6(C)C[C@H](O)[C@@H](OC(C)=O)[C@@]57[C@@H]2C[C@@H]1C(=O)[C@@H]3[C@H]7N4C6. The Kier molecular flexibility index (Phi) is 2.45. The average molecular weight is 385 g/mol. The number of aliphatic hydroxyl groups is 2. The van der Waals surface area contributed by atoms with Crippen molar-refractivity contribution in [2.24, 2.45) is 39.9 Å². The molecule has 6 aliphatic carbocycles. The first-order valence-electron chi connectivity index (χ1n) is 10.7. The van der Waals surface area contributed by atoms with Gasteiger partial charge in [0.2, 0.25) is 0 Å². The van der Waals surface area contributed by atoms with Crippen LogP contribution in [0.3, 0.4) is 0 Å². The Morgan fingerprint density at radius 2 is 2.14 bits per heavy atom. The van der Waals surface area contributed by atoms with Crippen molar-refractivity contribution in [1.82, 2.24) is 4.90 Å². The number of hydrogen-bond donors (Lipinski definition) is 2. The molecule has 9 aliphatic rings. The van der Waals surface area contributed by atoms with Crippen molar-refractivity contribution < 1.29 is 24.5 Å². The number of rotatable bonds is 1. The lowest BCUT2D eigenvalue weighted by Gasteiger charge is -2.65. The van der Waals surface area contributed by atoms with Gasteiger partial charge in [0.1, 0.15) is 17.6 Å². The second-order valence-electron chi connectivity index (χ2n) is 11.3. The van der Waals surface area contributed by atoms with E-state index in [1.54, 1.807) is 0 Å². The molecule has 9 bridgehead atoms. The minimum absolute atomic E-state index is 0.0636. The summed E-state index contributed by atoms with van der Waals surface area (Å²) in [4.78, 5) is 27.8. The number of carbonyl (C=O) groups is 2. The molecule has 0 aromatic rings. The van der Waals surface area contributed by atoms with E-state index in [0.717, 1.165) is 18.4 Å². The van der Waals surface area contributed by atoms with E-state index in [-0.39, 0.29) is 52.3 Å². The number of carbonyl (C=O) groups excluding carboxylic acids is 2. The summed E-state index contributed by atoms with van der Waals surface area (Å²) in [6.07, 6.45) is 1.29. The van der Waals surface area contributed by atoms with E-state index in [9.17, 15) is 19.8 Å². The fraction of sp³-hybridized carbons (Fsp3) is 0.818. The van der Waals surface area contributed by atoms with Crippen LogP contribution in [0.15, 0.2) is 12.2 Å². The van der Waals surface area contributed by atoms with Gasteiger partial charge in [-0.15, -0.1) is 0 Å². The fourth-order valence-corrected chi connectivity index (χ4v) is 10.6. The van der Waals surface area contributed by atoms with Crippen LogP contribution in [-0.4, -0.2) is 57.4 Å². The normalized spacial score (nSPS) is 66.7. The van der Waals surface area contributed by atoms with Crippen molar-refractivity contribution in [3.8, 4) is 0 Å². The molecule has 2 spiro atoms. The number of esters is 1. The van der Waals surface area contributed by atoms with E-state index in [1.807, 2.05) is 0 Å². The van der Waals surface area contributed by atoms with E-state index < -0.39 is 23.3 Å². The third kappa shape index (κ3) is 1.25. The lowest BCUT2D eigenvalue weighted by Crippen LogP contribution is -2.69. The molecule has 12 atom stereocenters. The van der Waals surface area contributed by atoms with Gasteiger partial charge in [0.25, 0.3) is 0 Å². The Morgan fingerprint density at radius 1 is 1.39 bits per heavy atom. The van der Waals surface area contributed by atoms with Crippen molar-refractivity contribution in [3.05, 3.63) is 12.2 Å². The van der Waals surface area contributed by atoms with Crippen LogP contribution in [0.4, 0.5) is 0 Å². The minimum atomic E-state index is -0.963. The van der Waals surface area contributed by atoms with E-state index in [1.165, 1.54) is 6.92 Å². The van der Waals surface area contributed by atoms with Crippen LogP contribution in [-0.2, 0) is 14.3 Å². The van der Waals surface area contributed by atoms with Crippen molar-refractivity contribution >= 4 is 11.8 Å². The van der Waals surface area contributed by atoms with Crippen LogP contribution in [0, 0.1) is 39.9 Å². The maximum atomic E-state index is 13.5. The maximum Gasteiger partial charge on any atom is 0.303 e. The van der Waals surface area contributed by atoms with Crippen LogP contribution in [0.1, 0.15) is 39.5 Å². The van der Waals surface area contributed by atoms with E-state index in [2.05, 4.69) is 18.4 Å². The van der Waals surface area contributed by atoms with Gasteiger partial charge in [-0.3, -0.25) is 14.5 Å². The molecule has 0 amide bonds. The number of hydrogen-bond acceptors (Lipinski definition) is 6. The van der Waals surface area contributed by atoms with Crippen molar-refractivity contribution in [3.63, 3.8) is 0 Å². The summed E-state index contributed by atoms with van der Waals surface area (Å²) < 4.78 is 5.86. The van der Waals surface area contributed by atoms with Crippen LogP contribution in [0.2, 0.25) is 0 Å². The highest BCUT2D eigenvalue weighted by molar-refractivity contribution is 5.92. The molecular weight excluding hydrogens is 358 g/mol. The van der Waals surface area contributed by atoms with E-state index in [4.69, 9.17) is 4.74 Å². The zero-order valence-corrected chi connectivity index (χ0v) is 16.4. The van der Waals surface area contributed by atoms with E-state index >= 15 is 0 Å². The van der Waals surface area contributed by atoms with Gasteiger partial charge in [0.05, 0.1) is 6.10 Å². The number of ether oxygens (including phenoxy) is 1. The molecule has 28 heavy (non-hydrogen) atoms. The highest BCUT2D eigenvalue weighted by Gasteiger charge is 2.95. The monoisotopic (exact) mass is 385 g/mol. The third-order valence-corrected chi connectivity index (χ3v) is 10.3. The molecule has 0 radical (unpaired) electrons. The number of allylic oxidation sites excluding steroid dienone is 1. The first kappa shape index (κ1) is 16.5. The standard InChI is InChI=1S/C22H27NO5/c1-9-5-20-7-21(27)18-19(3)6-12(25)17(28-10(2)24)22(18)13(20)4-11(9)15(26)14(20)16(22)23(21)8-19/h11-14,16-18,25,27H,1,4-8H2,2-3H3/t11-,12-,13+,14+,16+,17+,18-,19-,20+,21+,22-/m0/s1. The predicted octanol–water partition coefficient (Wildman–Crippen LogP) is 0.863. The predicted molar refractivity (Wildman–Crippen MR) is 96.6 cm³/mol. The second-order valence-corrected chi connectivity index (χ2v) is 11.3. The highest BCUT2D eigenvalue weighted by Crippen LogP contribution is 2.88. The zero-order chi connectivity index (χ0) is 19.6. The van der Waals surface area contributed by atoms with Gasteiger partial charge in [0.15, 0.2) is 0 Å². The summed E-state index contributed by atoms with van der Waals surface area (Å²) in [5.74, 6) is -0.207. The topological polar surface area (TPSA) is 87.1 Å². The number of piperidine rings is 2. The summed E-state index contributed by atoms with van der Waals surface area (Å²) in [6.45, 7) is 8.51. The van der Waals surface area contributed by atoms with Gasteiger partial charge < -0.3 is 14.9 Å². The van der Waals surface area contributed by atoms with Crippen LogP contribution < -0.4 is 0 Å². The lowest BCUT2D eigenvalue weighted by atomic mass is 9.39. The zero-order valence-electron chi connectivity index (χ0n) is 16.4. The number of Topliss-reactive ketones (excluding diaryl/α,β-unsaturated/α-hetero) is 1. The molecule has 0 aromatic heterocycles. The number of nitrogens with zero attached hydrogens (tertiary/aromatic N) is 1. The van der Waals surface area contributed by atoms with Crippen LogP contribution >= 0.6 is 0 Å². The van der Waals surface area contributed by atoms with Crippen LogP contribution in [0.25, 0.3) is 0 Å². The van der Waals surface area contributed by atoms with Crippen molar-refractivity contribution in [2.45, 2.75) is 63.5 Å². The molecule has 9 rings (SSSR count). The number of aliphatic hydroxyl groups excluding tert-OH is 1. The minimum Gasteiger partial charge on any atom is -0.459 e. The third-order valence-electron chi connectivity index (χ3n) is 10.3. The number of fused-ring (bicyclic) bond motifs is 1. The fourth-order valence-electron chi connectivity index (χ4n) is 10.6. The summed E-state index contributed by atoms with van der Waals surface area (Å²) >= 11 is 0. The van der Waals surface area contributed by atoms with Gasteiger partial charge in [-0.25, -0.2) is 0 Å². The van der Waals surface area contributed by atoms with Gasteiger partial charge in [-0.2, -0.15) is 0 Å². The van der Waals surface area contributed by atoms with Gasteiger partial charge in [-0.05, 0) is 42.4 Å². The van der Waals surface area contributed by atoms with Crippen molar-refractivity contribution in [1.29, 1.82) is 0 Å². The molecule has 9 fully saturated rings. The Balaban J connectivity index is 1.54. The Bertz CT molecular complexity index is 901. The molecule has 3 saturated heterocycles. The molecule has 6 nitrogen and oxygen atoms in total. The van der Waals surface area contributed by atoms with Crippen molar-refractivity contribution in [2.75, 3.05) is 6.54 Å². The van der Waals surface area contributed by atoms with Gasteiger partial charge >= 0.3 is 5.97 Å². The first-order chi connectivity index (χ1) is 13.1. The first-order valence-corrected chi connectivity index (χ1v) is 10.7. The molecule has 150 valence electrons.